The Bertz CT molecular complexity index is 644. The maximum Gasteiger partial charge on any atom is 0.414 e. The summed E-state index contributed by atoms with van der Waals surface area (Å²) in [6.45, 7) is 0. The summed E-state index contributed by atoms with van der Waals surface area (Å²) in [6.07, 6.45) is -4.67. The molecule has 0 spiro atoms. The van der Waals surface area contributed by atoms with Crippen LogP contribution in [-0.2, 0) is 4.74 Å². The molecule has 0 amide bonds. The van der Waals surface area contributed by atoms with Crippen molar-refractivity contribution in [2.75, 3.05) is 7.04 Å². The molecule has 0 saturated heterocycles. The van der Waals surface area contributed by atoms with Gasteiger partial charge in [-0.2, -0.15) is 13.2 Å². The molecule has 1 heterocycles. The molecule has 1 rings (SSSR count). The van der Waals surface area contributed by atoms with E-state index >= 15 is 0 Å². The topological polar surface area (TPSA) is 64.1 Å². The fourth-order valence-electron chi connectivity index (χ4n) is 0.833. The number of nitrogens with zero attached hydrogens (tertiary/aromatic N) is 1. The highest BCUT2D eigenvalue weighted by atomic mass is 19.4. The lowest BCUT2D eigenvalue weighted by atomic mass is 10.5. The molecule has 88 valence electrons. The van der Waals surface area contributed by atoms with Crippen LogP contribution in [-0.4, -0.2) is 22.8 Å². The Labute approximate surface area is 92.4 Å². The molecule has 0 fully saturated rings. The minimum atomic E-state index is -5.24. The first kappa shape index (κ1) is 7.31. The number of nitrogens with one attached hydrogen (secondary N) is 1. The van der Waals surface area contributed by atoms with E-state index in [9.17, 15) is 22.8 Å². The van der Waals surface area contributed by atoms with Gasteiger partial charge in [-0.3, -0.25) is 9.78 Å². The normalized spacial score (nSPS) is 17.7. The zero-order valence-corrected chi connectivity index (χ0v) is 7.46. The molecule has 1 aromatic rings. The molecule has 16 heavy (non-hydrogen) atoms. The van der Waals surface area contributed by atoms with Crippen molar-refractivity contribution in [1.82, 2.24) is 9.55 Å². The largest absolute Gasteiger partial charge is 0.482 e. The third-order valence-electron chi connectivity index (χ3n) is 1.39. The van der Waals surface area contributed by atoms with E-state index in [4.69, 9.17) is 5.48 Å². The van der Waals surface area contributed by atoms with Gasteiger partial charge in [0.25, 0.3) is 5.56 Å². The smallest absolute Gasteiger partial charge is 0.414 e. The first-order chi connectivity index (χ1) is 8.92. The first-order valence-electron chi connectivity index (χ1n) is 5.71. The second kappa shape index (κ2) is 4.25. The number of ether oxygens (including phenoxy) is 1. The summed E-state index contributed by atoms with van der Waals surface area (Å²) in [5.41, 5.74) is -2.27. The van der Waals surface area contributed by atoms with Gasteiger partial charge in [0.15, 0.2) is 0 Å². The van der Waals surface area contributed by atoms with E-state index in [-0.39, 0.29) is 4.57 Å². The number of aromatic amines is 1. The molecular weight excluding hydrogens is 229 g/mol. The Hall–Kier alpha value is -1.99. The van der Waals surface area contributed by atoms with Gasteiger partial charge in [0.1, 0.15) is 0 Å². The van der Waals surface area contributed by atoms with Gasteiger partial charge in [-0.1, -0.05) is 0 Å². The number of hydrogen-bond donors (Lipinski definition) is 1. The lowest BCUT2D eigenvalue weighted by Gasteiger charge is -2.09. The van der Waals surface area contributed by atoms with Gasteiger partial charge in [0, 0.05) is 12.3 Å². The average molecular weight is 240 g/mol. The fourth-order valence-corrected chi connectivity index (χ4v) is 0.833. The standard InChI is InChI=1S/C8H7F3N2O3/c1-16-6(4-8(9,10)11)13-3-2-5(14)12-7(13)15/h2-4H,1H3,(H,12,14,15)/b6-4+/i1D3,4D. The SMILES string of the molecule is [2H]/C(=C(\OC([2H])([2H])[2H])n1ccc(=O)[nH]c1=O)C(F)(F)F. The highest BCUT2D eigenvalue weighted by Gasteiger charge is 2.26. The zero-order valence-electron chi connectivity index (χ0n) is 11.5. The van der Waals surface area contributed by atoms with Crippen LogP contribution in [0, 0.1) is 0 Å². The van der Waals surface area contributed by atoms with E-state index < -0.39 is 36.4 Å². The van der Waals surface area contributed by atoms with E-state index in [1.165, 1.54) is 0 Å². The Morgan fingerprint density at radius 1 is 1.69 bits per heavy atom. The Balaban J connectivity index is 3.54. The number of H-pyrrole nitrogens is 1. The fraction of sp³-hybridized carbons (Fsp3) is 0.250. The van der Waals surface area contributed by atoms with Crippen molar-refractivity contribution < 1.29 is 23.4 Å². The van der Waals surface area contributed by atoms with Crippen molar-refractivity contribution in [1.29, 1.82) is 0 Å². The third kappa shape index (κ3) is 3.01. The molecule has 0 unspecified atom stereocenters. The molecule has 0 aliphatic rings. The summed E-state index contributed by atoms with van der Waals surface area (Å²) in [6, 6.07) is -1.50. The monoisotopic (exact) mass is 240 g/mol. The van der Waals surface area contributed by atoms with Crippen LogP contribution in [0.15, 0.2) is 27.9 Å². The van der Waals surface area contributed by atoms with Crippen LogP contribution in [0.3, 0.4) is 0 Å². The Morgan fingerprint density at radius 3 is 2.88 bits per heavy atom. The molecule has 0 bridgehead atoms. The molecule has 0 radical (unpaired) electrons. The van der Waals surface area contributed by atoms with E-state index in [1.807, 2.05) is 0 Å². The molecule has 5 nitrogen and oxygen atoms in total. The first-order valence-corrected chi connectivity index (χ1v) is 3.71. The summed E-state index contributed by atoms with van der Waals surface area (Å²) >= 11 is 0. The van der Waals surface area contributed by atoms with E-state index in [2.05, 4.69) is 4.74 Å². The molecule has 0 saturated carbocycles. The van der Waals surface area contributed by atoms with Crippen LogP contribution in [0.4, 0.5) is 13.2 Å². The summed E-state index contributed by atoms with van der Waals surface area (Å²) in [4.78, 5) is 23.8. The lowest BCUT2D eigenvalue weighted by Crippen LogP contribution is -2.29. The number of halogens is 3. The van der Waals surface area contributed by atoms with E-state index in [0.29, 0.717) is 12.3 Å². The molecule has 0 aliphatic heterocycles. The van der Waals surface area contributed by atoms with Crippen molar-refractivity contribution in [2.24, 2.45) is 0 Å². The van der Waals surface area contributed by atoms with E-state index in [1.54, 1.807) is 4.98 Å². The number of rotatable bonds is 2. The number of allylic oxidation sites excluding steroid dienone is 1. The quantitative estimate of drug-likeness (QED) is 0.767. The van der Waals surface area contributed by atoms with Gasteiger partial charge in [-0.25, -0.2) is 9.36 Å². The molecule has 0 aromatic carbocycles. The zero-order chi connectivity index (χ0) is 15.7. The second-order valence-corrected chi connectivity index (χ2v) is 2.51. The van der Waals surface area contributed by atoms with Gasteiger partial charge in [-0.15, -0.1) is 0 Å². The van der Waals surface area contributed by atoms with Gasteiger partial charge >= 0.3 is 11.9 Å². The lowest BCUT2D eigenvalue weighted by molar-refractivity contribution is -0.0808. The van der Waals surface area contributed by atoms with Crippen molar-refractivity contribution >= 4 is 5.88 Å². The maximum absolute atomic E-state index is 12.5. The molecular formula is C8H7F3N2O3. The minimum Gasteiger partial charge on any atom is -0.482 e. The second-order valence-electron chi connectivity index (χ2n) is 2.51. The van der Waals surface area contributed by atoms with Crippen molar-refractivity contribution in [3.05, 3.63) is 39.2 Å². The number of alkyl halides is 3. The van der Waals surface area contributed by atoms with Crippen LogP contribution >= 0.6 is 0 Å². The van der Waals surface area contributed by atoms with Crippen LogP contribution in [0.5, 0.6) is 0 Å². The van der Waals surface area contributed by atoms with Crippen molar-refractivity contribution in [2.45, 2.75) is 6.18 Å². The Morgan fingerprint density at radius 2 is 2.38 bits per heavy atom. The number of methoxy groups -OCH3 is 1. The Kier molecular flexibility index (Phi) is 1.94. The van der Waals surface area contributed by atoms with Gasteiger partial charge < -0.3 is 4.74 Å². The van der Waals surface area contributed by atoms with Crippen molar-refractivity contribution in [3.8, 4) is 0 Å². The van der Waals surface area contributed by atoms with Gasteiger partial charge in [0.2, 0.25) is 5.88 Å². The third-order valence-corrected chi connectivity index (χ3v) is 1.39. The number of aromatic nitrogens is 2. The van der Waals surface area contributed by atoms with Crippen LogP contribution < -0.4 is 11.2 Å². The highest BCUT2D eigenvalue weighted by Crippen LogP contribution is 2.19. The van der Waals surface area contributed by atoms with E-state index in [0.717, 1.165) is 0 Å². The van der Waals surface area contributed by atoms with Gasteiger partial charge in [-0.05, 0) is 0 Å². The van der Waals surface area contributed by atoms with Crippen LogP contribution in [0.25, 0.3) is 5.88 Å². The van der Waals surface area contributed by atoms with Gasteiger partial charge in [0.05, 0.1) is 18.6 Å². The molecule has 1 N–H and O–H groups in total. The molecule has 0 aliphatic carbocycles. The highest BCUT2D eigenvalue weighted by molar-refractivity contribution is 5.37. The van der Waals surface area contributed by atoms with Crippen LogP contribution in [0.2, 0.25) is 0 Å². The molecule has 1 aromatic heterocycles. The maximum atomic E-state index is 12.5. The predicted octanol–water partition coefficient (Wildman–Crippen LogP) is 0.544. The average Bonchev–Trinajstić information content (AvgIpc) is 2.23. The summed E-state index contributed by atoms with van der Waals surface area (Å²) < 4.78 is 68.7. The summed E-state index contributed by atoms with van der Waals surface area (Å²) in [7, 11) is -3.32. The van der Waals surface area contributed by atoms with Crippen LogP contribution in [0.1, 0.15) is 5.48 Å². The minimum absolute atomic E-state index is 0.0730. The predicted molar refractivity (Wildman–Crippen MR) is 48.7 cm³/mol. The molecule has 0 atom stereocenters. The summed E-state index contributed by atoms with van der Waals surface area (Å²) in [5.74, 6) is -1.56. The summed E-state index contributed by atoms with van der Waals surface area (Å²) in [5, 5.41) is 0. The van der Waals surface area contributed by atoms with Crippen molar-refractivity contribution in [3.63, 3.8) is 0 Å². The molecule has 8 heteroatoms. The number of hydrogen-bond acceptors (Lipinski definition) is 3.